The number of nitrogens with zero attached hydrogens (tertiary/aromatic N) is 3. The lowest BCUT2D eigenvalue weighted by Gasteiger charge is -2.03. The molecule has 0 atom stereocenters. The minimum atomic E-state index is -0.845. The third-order valence-corrected chi connectivity index (χ3v) is 3.18. The van der Waals surface area contributed by atoms with Crippen LogP contribution in [0.2, 0.25) is 0 Å². The topological polar surface area (TPSA) is 159 Å². The lowest BCUT2D eigenvalue weighted by Crippen LogP contribution is -2.09. The largest absolute Gasteiger partial charge is 0.317 e. The van der Waals surface area contributed by atoms with Gasteiger partial charge in [0.2, 0.25) is 5.91 Å². The van der Waals surface area contributed by atoms with Gasteiger partial charge in [0.15, 0.2) is 0 Å². The molecule has 0 saturated heterocycles. The van der Waals surface area contributed by atoms with E-state index in [1.165, 1.54) is 30.3 Å². The van der Waals surface area contributed by atoms with Gasteiger partial charge in [-0.05, 0) is 29.8 Å². The molecule has 11 heteroatoms. The summed E-state index contributed by atoms with van der Waals surface area (Å²) in [6.07, 6.45) is 2.43. The van der Waals surface area contributed by atoms with Gasteiger partial charge in [0.25, 0.3) is 17.1 Å². The van der Waals surface area contributed by atoms with E-state index in [0.717, 1.165) is 24.3 Å². The smallest absolute Gasteiger partial charge is 0.299 e. The van der Waals surface area contributed by atoms with Crippen molar-refractivity contribution in [2.75, 3.05) is 5.32 Å². The average Bonchev–Trinajstić information content (AvgIpc) is 2.60. The van der Waals surface area contributed by atoms with E-state index in [-0.39, 0.29) is 11.4 Å². The van der Waals surface area contributed by atoms with Crippen LogP contribution in [0, 0.1) is 30.3 Å². The molecule has 11 nitrogen and oxygen atoms in total. The third-order valence-electron chi connectivity index (χ3n) is 3.18. The molecule has 0 heterocycles. The molecule has 132 valence electrons. The van der Waals surface area contributed by atoms with Crippen LogP contribution in [0.3, 0.4) is 0 Å². The highest BCUT2D eigenvalue weighted by Crippen LogP contribution is 2.28. The summed E-state index contributed by atoms with van der Waals surface area (Å²) in [7, 11) is 0. The molecule has 0 radical (unpaired) electrons. The average molecular weight is 358 g/mol. The Hall–Kier alpha value is -4.15. The number of anilines is 1. The maximum atomic E-state index is 11.9. The van der Waals surface area contributed by atoms with Gasteiger partial charge in [-0.2, -0.15) is 0 Å². The van der Waals surface area contributed by atoms with Crippen molar-refractivity contribution in [1.82, 2.24) is 0 Å². The van der Waals surface area contributed by atoms with Crippen LogP contribution in [-0.4, -0.2) is 20.7 Å². The van der Waals surface area contributed by atoms with Gasteiger partial charge in [0, 0.05) is 24.3 Å². The molecule has 26 heavy (non-hydrogen) atoms. The van der Waals surface area contributed by atoms with Gasteiger partial charge in [-0.3, -0.25) is 35.1 Å². The highest BCUT2D eigenvalue weighted by Gasteiger charge is 2.20. The first kappa shape index (κ1) is 18.2. The number of carbonyl (C=O) groups is 1. The molecule has 0 aliphatic rings. The second-order valence-corrected chi connectivity index (χ2v) is 4.89. The zero-order valence-corrected chi connectivity index (χ0v) is 12.9. The summed E-state index contributed by atoms with van der Waals surface area (Å²) in [6, 6.07) is 8.22. The number of nitro benzene ring substituents is 3. The standard InChI is InChI=1S/C15H10N4O7/c20-15(8-3-10-1-4-11(5-2-10)17(21)22)16-13-7-6-12(18(23)24)9-14(13)19(25)26/h1-9H,(H,16,20). The molecule has 0 spiro atoms. The van der Waals surface area contributed by atoms with Crippen LogP contribution in [0.15, 0.2) is 48.5 Å². The molecule has 1 N–H and O–H groups in total. The van der Waals surface area contributed by atoms with Gasteiger partial charge in [-0.25, -0.2) is 0 Å². The number of benzene rings is 2. The Kier molecular flexibility index (Phi) is 5.33. The normalized spacial score (nSPS) is 10.5. The summed E-state index contributed by atoms with van der Waals surface area (Å²) in [6.45, 7) is 0. The summed E-state index contributed by atoms with van der Waals surface area (Å²) in [5, 5.41) is 34.5. The number of non-ortho nitro benzene ring substituents is 2. The number of carbonyl (C=O) groups excluding carboxylic acids is 1. The maximum Gasteiger partial charge on any atom is 0.299 e. The molecule has 2 aromatic carbocycles. The molecule has 0 aliphatic heterocycles. The molecule has 0 aliphatic carbocycles. The van der Waals surface area contributed by atoms with Crippen molar-refractivity contribution >= 4 is 34.7 Å². The van der Waals surface area contributed by atoms with Gasteiger partial charge >= 0.3 is 0 Å². The Bertz CT molecular complexity index is 922. The monoisotopic (exact) mass is 358 g/mol. The van der Waals surface area contributed by atoms with Gasteiger partial charge in [0.05, 0.1) is 20.8 Å². The van der Waals surface area contributed by atoms with Crippen LogP contribution in [0.4, 0.5) is 22.7 Å². The fourth-order valence-corrected chi connectivity index (χ4v) is 1.94. The first-order valence-corrected chi connectivity index (χ1v) is 6.94. The SMILES string of the molecule is O=C(C=Cc1ccc([N+](=O)[O-])cc1)Nc1ccc([N+](=O)[O-])cc1[N+](=O)[O-]. The summed E-state index contributed by atoms with van der Waals surface area (Å²) in [4.78, 5) is 41.9. The van der Waals surface area contributed by atoms with Gasteiger partial charge in [-0.1, -0.05) is 0 Å². The summed E-state index contributed by atoms with van der Waals surface area (Å²) >= 11 is 0. The first-order valence-electron chi connectivity index (χ1n) is 6.94. The summed E-state index contributed by atoms with van der Waals surface area (Å²) < 4.78 is 0. The highest BCUT2D eigenvalue weighted by molar-refractivity contribution is 6.03. The molecule has 2 rings (SSSR count). The van der Waals surface area contributed by atoms with Crippen molar-refractivity contribution < 1.29 is 19.6 Å². The van der Waals surface area contributed by atoms with Crippen molar-refractivity contribution in [1.29, 1.82) is 0 Å². The fourth-order valence-electron chi connectivity index (χ4n) is 1.94. The third kappa shape index (κ3) is 4.44. The number of rotatable bonds is 6. The molecular formula is C15H10N4O7. The molecule has 0 unspecified atom stereocenters. The van der Waals surface area contributed by atoms with Crippen LogP contribution in [0.25, 0.3) is 6.08 Å². The van der Waals surface area contributed by atoms with E-state index in [9.17, 15) is 35.1 Å². The van der Waals surface area contributed by atoms with Crippen molar-refractivity contribution in [3.8, 4) is 0 Å². The van der Waals surface area contributed by atoms with Crippen molar-refractivity contribution in [3.63, 3.8) is 0 Å². The molecular weight excluding hydrogens is 348 g/mol. The molecule has 0 saturated carbocycles. The quantitative estimate of drug-likeness (QED) is 0.472. The second-order valence-electron chi connectivity index (χ2n) is 4.89. The van der Waals surface area contributed by atoms with E-state index in [2.05, 4.69) is 5.32 Å². The Morgan fingerprint density at radius 1 is 0.846 bits per heavy atom. The van der Waals surface area contributed by atoms with Crippen LogP contribution in [0.5, 0.6) is 0 Å². The molecule has 2 aromatic rings. The lowest BCUT2D eigenvalue weighted by atomic mass is 10.2. The zero-order valence-electron chi connectivity index (χ0n) is 12.9. The second kappa shape index (κ2) is 7.61. The zero-order chi connectivity index (χ0) is 19.3. The van der Waals surface area contributed by atoms with Gasteiger partial charge < -0.3 is 5.32 Å². The van der Waals surface area contributed by atoms with Gasteiger partial charge in [-0.15, -0.1) is 0 Å². The number of hydrogen-bond donors (Lipinski definition) is 1. The van der Waals surface area contributed by atoms with E-state index in [1.807, 2.05) is 0 Å². The molecule has 0 fully saturated rings. The Labute approximate surface area is 145 Å². The fraction of sp³-hybridized carbons (Fsp3) is 0. The number of nitro groups is 3. The van der Waals surface area contributed by atoms with Crippen LogP contribution >= 0.6 is 0 Å². The number of nitrogens with one attached hydrogen (secondary N) is 1. The predicted molar refractivity (Wildman–Crippen MR) is 90.5 cm³/mol. The van der Waals surface area contributed by atoms with Crippen LogP contribution in [0.1, 0.15) is 5.56 Å². The minimum absolute atomic E-state index is 0.104. The van der Waals surface area contributed by atoms with E-state index >= 15 is 0 Å². The number of amides is 1. The van der Waals surface area contributed by atoms with Crippen molar-refractivity contribution in [2.24, 2.45) is 0 Å². The first-order chi connectivity index (χ1) is 12.3. The van der Waals surface area contributed by atoms with Crippen LogP contribution < -0.4 is 5.32 Å². The predicted octanol–water partition coefficient (Wildman–Crippen LogP) is 3.06. The van der Waals surface area contributed by atoms with Crippen LogP contribution in [-0.2, 0) is 4.79 Å². The molecule has 1 amide bonds. The van der Waals surface area contributed by atoms with Crippen molar-refractivity contribution in [2.45, 2.75) is 0 Å². The van der Waals surface area contributed by atoms with Crippen molar-refractivity contribution in [3.05, 3.63) is 84.4 Å². The summed E-state index contributed by atoms with van der Waals surface area (Å²) in [5.74, 6) is -0.708. The van der Waals surface area contributed by atoms with E-state index in [0.29, 0.717) is 5.56 Å². The Morgan fingerprint density at radius 2 is 1.42 bits per heavy atom. The van der Waals surface area contributed by atoms with E-state index < -0.39 is 32.1 Å². The van der Waals surface area contributed by atoms with E-state index in [4.69, 9.17) is 0 Å². The highest BCUT2D eigenvalue weighted by atomic mass is 16.6. The lowest BCUT2D eigenvalue weighted by molar-refractivity contribution is -0.393. The summed E-state index contributed by atoms with van der Waals surface area (Å²) in [5.41, 5.74) is -0.886. The molecule has 0 aromatic heterocycles. The Morgan fingerprint density at radius 3 is 1.96 bits per heavy atom. The number of hydrogen-bond acceptors (Lipinski definition) is 7. The van der Waals surface area contributed by atoms with Gasteiger partial charge in [0.1, 0.15) is 5.69 Å². The Balaban J connectivity index is 2.15. The minimum Gasteiger partial charge on any atom is -0.317 e. The maximum absolute atomic E-state index is 11.9. The van der Waals surface area contributed by atoms with E-state index in [1.54, 1.807) is 0 Å². The molecule has 0 bridgehead atoms.